The molecule has 8 nitrogen and oxygen atoms in total. The molecule has 4 atom stereocenters. The van der Waals surface area contributed by atoms with Crippen LogP contribution in [0.4, 0.5) is 5.95 Å². The molecule has 0 amide bonds. The fraction of sp³-hybridized carbons (Fsp3) is 0.545. The smallest absolute Gasteiger partial charge is 0.200 e. The predicted molar refractivity (Wildman–Crippen MR) is 73.4 cm³/mol. The number of hydrogen-bond donors (Lipinski definition) is 5. The molecular weight excluding hydrogens is 282 g/mol. The first-order chi connectivity index (χ1) is 9.52. The molecule has 2 aromatic rings. The van der Waals surface area contributed by atoms with Crippen molar-refractivity contribution in [2.75, 3.05) is 12.3 Å². The molecule has 6 N–H and O–H groups in total. The number of anilines is 1. The van der Waals surface area contributed by atoms with Crippen molar-refractivity contribution >= 4 is 29.3 Å². The van der Waals surface area contributed by atoms with E-state index in [1.807, 2.05) is 0 Å². The summed E-state index contributed by atoms with van der Waals surface area (Å²) in [5, 5.41) is 29.2. The lowest BCUT2D eigenvalue weighted by Gasteiger charge is -2.18. The van der Waals surface area contributed by atoms with Crippen LogP contribution in [0.1, 0.15) is 12.5 Å². The molecule has 0 radical (unpaired) electrons. The first-order valence-corrected chi connectivity index (χ1v) is 6.63. The van der Waals surface area contributed by atoms with Gasteiger partial charge in [0.1, 0.15) is 16.3 Å². The average Bonchev–Trinajstić information content (AvgIpc) is 2.93. The van der Waals surface area contributed by atoms with Crippen LogP contribution in [0.25, 0.3) is 11.2 Å². The number of imidazole rings is 1. The third-order valence-corrected chi connectivity index (χ3v) is 4.11. The summed E-state index contributed by atoms with van der Waals surface area (Å²) in [7, 11) is 0. The molecule has 1 aliphatic carbocycles. The van der Waals surface area contributed by atoms with Crippen molar-refractivity contribution in [1.29, 1.82) is 0 Å². The number of hydrogen-bond acceptors (Lipinski definition) is 7. The van der Waals surface area contributed by atoms with Crippen molar-refractivity contribution in [3.8, 4) is 0 Å². The van der Waals surface area contributed by atoms with E-state index in [1.165, 1.54) is 6.33 Å². The van der Waals surface area contributed by atoms with Crippen LogP contribution in [-0.2, 0) is 0 Å². The largest absolute Gasteiger partial charge is 0.396 e. The normalized spacial score (nSPS) is 30.1. The molecule has 1 aliphatic rings. The molecule has 0 aromatic carbocycles. The number of fused-ring (bicyclic) bond motifs is 1. The zero-order valence-electron chi connectivity index (χ0n) is 10.5. The van der Waals surface area contributed by atoms with E-state index >= 15 is 0 Å². The highest BCUT2D eigenvalue weighted by Crippen LogP contribution is 2.36. The van der Waals surface area contributed by atoms with Gasteiger partial charge in [-0.1, -0.05) is 12.2 Å². The second-order valence-corrected chi connectivity index (χ2v) is 5.41. The molecule has 0 unspecified atom stereocenters. The number of nitrogen functional groups attached to an aromatic ring is 1. The quantitative estimate of drug-likeness (QED) is 0.465. The van der Waals surface area contributed by atoms with Crippen molar-refractivity contribution in [2.45, 2.75) is 24.7 Å². The number of H-pyrrole nitrogens is 1. The van der Waals surface area contributed by atoms with Crippen LogP contribution in [0.3, 0.4) is 0 Å². The highest BCUT2D eigenvalue weighted by Gasteiger charge is 2.42. The molecule has 20 heavy (non-hydrogen) atoms. The number of nitrogens with one attached hydrogen (secondary N) is 1. The maximum atomic E-state index is 10.1. The number of aliphatic hydroxyl groups is 3. The maximum absolute atomic E-state index is 10.1. The van der Waals surface area contributed by atoms with E-state index in [9.17, 15) is 15.3 Å². The number of aromatic nitrogens is 4. The summed E-state index contributed by atoms with van der Waals surface area (Å²) in [6.45, 7) is -0.184. The van der Waals surface area contributed by atoms with E-state index in [2.05, 4.69) is 15.0 Å². The zero-order chi connectivity index (χ0) is 14.4. The van der Waals surface area contributed by atoms with Gasteiger partial charge >= 0.3 is 0 Å². The van der Waals surface area contributed by atoms with Crippen LogP contribution >= 0.6 is 12.2 Å². The Hall–Kier alpha value is -1.55. The fourth-order valence-corrected chi connectivity index (χ4v) is 2.99. The van der Waals surface area contributed by atoms with Gasteiger partial charge in [0.05, 0.1) is 18.5 Å². The van der Waals surface area contributed by atoms with Crippen molar-refractivity contribution in [3.05, 3.63) is 11.0 Å². The minimum atomic E-state index is -0.995. The molecule has 2 heterocycles. The van der Waals surface area contributed by atoms with Crippen LogP contribution in [0.2, 0.25) is 0 Å². The monoisotopic (exact) mass is 297 g/mol. The van der Waals surface area contributed by atoms with Gasteiger partial charge in [0.15, 0.2) is 5.65 Å². The number of aromatic amines is 1. The Morgan fingerprint density at radius 1 is 1.45 bits per heavy atom. The molecule has 1 saturated carbocycles. The van der Waals surface area contributed by atoms with E-state index in [0.29, 0.717) is 22.2 Å². The third kappa shape index (κ3) is 1.90. The van der Waals surface area contributed by atoms with Gasteiger partial charge in [-0.25, -0.2) is 4.98 Å². The zero-order valence-corrected chi connectivity index (χ0v) is 11.3. The Bertz CT molecular complexity index is 699. The summed E-state index contributed by atoms with van der Waals surface area (Å²) in [5.74, 6) is -0.209. The number of nitrogens with two attached hydrogens (primary N) is 1. The second kappa shape index (κ2) is 4.77. The van der Waals surface area contributed by atoms with E-state index in [4.69, 9.17) is 18.0 Å². The molecule has 2 aromatic heterocycles. The Balaban J connectivity index is 2.09. The first kappa shape index (κ1) is 13.4. The molecular formula is C11H15N5O3S. The first-order valence-electron chi connectivity index (χ1n) is 6.22. The van der Waals surface area contributed by atoms with Gasteiger partial charge in [0.2, 0.25) is 5.95 Å². The lowest BCUT2D eigenvalue weighted by molar-refractivity contribution is -0.00370. The summed E-state index contributed by atoms with van der Waals surface area (Å²) in [6.07, 6.45) is -0.0263. The van der Waals surface area contributed by atoms with E-state index in [1.54, 1.807) is 4.57 Å². The molecule has 0 spiro atoms. The highest BCUT2D eigenvalue weighted by atomic mass is 32.1. The van der Waals surface area contributed by atoms with Gasteiger partial charge in [-0.3, -0.25) is 0 Å². The maximum Gasteiger partial charge on any atom is 0.200 e. The molecule has 108 valence electrons. The van der Waals surface area contributed by atoms with Gasteiger partial charge in [-0.2, -0.15) is 4.98 Å². The van der Waals surface area contributed by atoms with E-state index in [-0.39, 0.29) is 18.5 Å². The minimum absolute atomic E-state index is 0.163. The molecule has 0 saturated heterocycles. The van der Waals surface area contributed by atoms with Gasteiger partial charge in [-0.15, -0.1) is 0 Å². The van der Waals surface area contributed by atoms with Gasteiger partial charge in [0, 0.05) is 12.5 Å². The fourth-order valence-electron chi connectivity index (χ4n) is 2.74. The SMILES string of the molecule is Nc1nc2c(ncn2[C@H]2C[C@@H](CO)[C@H](O)[C@@H]2O)c(=S)[nH]1. The Labute approximate surface area is 118 Å². The lowest BCUT2D eigenvalue weighted by Crippen LogP contribution is -2.30. The third-order valence-electron chi connectivity index (χ3n) is 3.81. The summed E-state index contributed by atoms with van der Waals surface area (Å²) in [5.41, 5.74) is 6.59. The molecule has 9 heteroatoms. The Morgan fingerprint density at radius 3 is 2.85 bits per heavy atom. The summed E-state index contributed by atoms with van der Waals surface area (Å²) >= 11 is 5.12. The summed E-state index contributed by atoms with van der Waals surface area (Å²) < 4.78 is 2.02. The van der Waals surface area contributed by atoms with Crippen LogP contribution in [0.5, 0.6) is 0 Å². The van der Waals surface area contributed by atoms with Crippen molar-refractivity contribution in [1.82, 2.24) is 19.5 Å². The van der Waals surface area contributed by atoms with E-state index in [0.717, 1.165) is 0 Å². The van der Waals surface area contributed by atoms with Gasteiger partial charge in [0.25, 0.3) is 0 Å². The predicted octanol–water partition coefficient (Wildman–Crippen LogP) is -0.654. The molecule has 0 bridgehead atoms. The van der Waals surface area contributed by atoms with Crippen molar-refractivity contribution in [3.63, 3.8) is 0 Å². The average molecular weight is 297 g/mol. The highest BCUT2D eigenvalue weighted by molar-refractivity contribution is 7.71. The molecule has 1 fully saturated rings. The van der Waals surface area contributed by atoms with Crippen LogP contribution in [0.15, 0.2) is 6.33 Å². The number of rotatable bonds is 2. The molecule has 3 rings (SSSR count). The Morgan fingerprint density at radius 2 is 2.20 bits per heavy atom. The van der Waals surface area contributed by atoms with Crippen LogP contribution < -0.4 is 5.73 Å². The van der Waals surface area contributed by atoms with Crippen molar-refractivity contribution in [2.24, 2.45) is 5.92 Å². The number of nitrogens with zero attached hydrogens (tertiary/aromatic N) is 3. The topological polar surface area (TPSA) is 133 Å². The molecule has 0 aliphatic heterocycles. The van der Waals surface area contributed by atoms with Crippen LogP contribution in [0, 0.1) is 10.6 Å². The van der Waals surface area contributed by atoms with Crippen LogP contribution in [-0.4, -0.2) is 53.7 Å². The summed E-state index contributed by atoms with van der Waals surface area (Å²) in [6, 6.07) is -0.421. The number of aliphatic hydroxyl groups excluding tert-OH is 3. The minimum Gasteiger partial charge on any atom is -0.396 e. The van der Waals surface area contributed by atoms with E-state index < -0.39 is 18.2 Å². The lowest BCUT2D eigenvalue weighted by atomic mass is 10.1. The standard InChI is InChI=1S/C11H15N5O3S/c12-11-14-9-6(10(20)15-11)13-3-16(9)5-1-4(2-17)7(18)8(5)19/h3-5,7-8,17-19H,1-2H2,(H3,12,14,15,20)/t4-,5-,7-,8+/m0/s1. The Kier molecular flexibility index (Phi) is 3.21. The van der Waals surface area contributed by atoms with Gasteiger partial charge < -0.3 is 30.6 Å². The summed E-state index contributed by atoms with van der Waals surface area (Å²) in [4.78, 5) is 11.0. The van der Waals surface area contributed by atoms with Gasteiger partial charge in [-0.05, 0) is 6.42 Å². The second-order valence-electron chi connectivity index (χ2n) is 5.00. The van der Waals surface area contributed by atoms with Crippen molar-refractivity contribution < 1.29 is 15.3 Å².